The minimum atomic E-state index is -0.0856. The molecule has 0 aliphatic carbocycles. The summed E-state index contributed by atoms with van der Waals surface area (Å²) < 4.78 is 4.59. The number of nitrogens with one attached hydrogen (secondary N) is 1. The number of hydrogen-bond donors (Lipinski definition) is 1. The third kappa shape index (κ3) is 0.899. The number of ether oxygens (including phenoxy) is 1. The van der Waals surface area contributed by atoms with Gasteiger partial charge in [0.05, 0.1) is 7.05 Å². The predicted octanol–water partition coefficient (Wildman–Crippen LogP) is -1.98. The van der Waals surface area contributed by atoms with Crippen molar-refractivity contribution in [1.29, 1.82) is 0 Å². The lowest BCUT2D eigenvalue weighted by Crippen LogP contribution is -3.07. The fourth-order valence-electron chi connectivity index (χ4n) is 0.552. The lowest BCUT2D eigenvalue weighted by atomic mass is 10.6. The molecule has 7 heavy (non-hydrogen) atoms. The molecular formula is C4H8NO2+. The van der Waals surface area contributed by atoms with Gasteiger partial charge in [0.1, 0.15) is 0 Å². The second-order valence-corrected chi connectivity index (χ2v) is 1.79. The van der Waals surface area contributed by atoms with E-state index in [9.17, 15) is 4.79 Å². The second-order valence-electron chi connectivity index (χ2n) is 1.79. The number of carbonyl (C=O) groups excluding carboxylic acids is 1. The van der Waals surface area contributed by atoms with E-state index >= 15 is 0 Å². The standard InChI is InChI=1S/C4H7NO2/c1-5-2-4(6)7-3-5/h2-3H2,1H3/p+1. The Bertz CT molecular complexity index is 91.7. The van der Waals surface area contributed by atoms with Crippen molar-refractivity contribution < 1.29 is 14.4 Å². The first-order valence-corrected chi connectivity index (χ1v) is 2.26. The van der Waals surface area contributed by atoms with Gasteiger partial charge in [0.2, 0.25) is 6.73 Å². The number of cyclic esters (lactones) is 1. The molecule has 1 unspecified atom stereocenters. The molecule has 3 nitrogen and oxygen atoms in total. The summed E-state index contributed by atoms with van der Waals surface area (Å²) in [5.74, 6) is -0.0856. The van der Waals surface area contributed by atoms with Crippen molar-refractivity contribution in [2.75, 3.05) is 20.3 Å². The molecular weight excluding hydrogens is 94.0 g/mol. The van der Waals surface area contributed by atoms with Crippen molar-refractivity contribution in [2.45, 2.75) is 0 Å². The summed E-state index contributed by atoms with van der Waals surface area (Å²) in [6.07, 6.45) is 0. The van der Waals surface area contributed by atoms with Crippen LogP contribution in [0.5, 0.6) is 0 Å². The van der Waals surface area contributed by atoms with Crippen LogP contribution in [-0.4, -0.2) is 26.3 Å². The van der Waals surface area contributed by atoms with E-state index in [2.05, 4.69) is 4.74 Å². The topological polar surface area (TPSA) is 30.7 Å². The summed E-state index contributed by atoms with van der Waals surface area (Å²) in [5, 5.41) is 0. The van der Waals surface area contributed by atoms with Gasteiger partial charge in [-0.3, -0.25) is 4.90 Å². The van der Waals surface area contributed by atoms with E-state index in [0.717, 1.165) is 4.90 Å². The summed E-state index contributed by atoms with van der Waals surface area (Å²) in [4.78, 5) is 11.3. The van der Waals surface area contributed by atoms with E-state index in [1.54, 1.807) is 0 Å². The Kier molecular flexibility index (Phi) is 0.982. The van der Waals surface area contributed by atoms with Crippen molar-refractivity contribution in [2.24, 2.45) is 0 Å². The van der Waals surface area contributed by atoms with Gasteiger partial charge in [-0.1, -0.05) is 0 Å². The molecule has 1 N–H and O–H groups in total. The van der Waals surface area contributed by atoms with Gasteiger partial charge in [-0.25, -0.2) is 4.79 Å². The SMILES string of the molecule is C[NH+]1COC(=O)C1. The fourth-order valence-corrected chi connectivity index (χ4v) is 0.552. The first-order chi connectivity index (χ1) is 3.29. The highest BCUT2D eigenvalue weighted by atomic mass is 16.6. The normalized spacial score (nSPS) is 30.4. The van der Waals surface area contributed by atoms with Gasteiger partial charge < -0.3 is 4.74 Å². The number of quaternary nitrogens is 1. The first kappa shape index (κ1) is 4.59. The molecule has 0 aromatic carbocycles. The van der Waals surface area contributed by atoms with Gasteiger partial charge in [0.15, 0.2) is 6.54 Å². The summed E-state index contributed by atoms with van der Waals surface area (Å²) >= 11 is 0. The van der Waals surface area contributed by atoms with Crippen molar-refractivity contribution in [3.05, 3.63) is 0 Å². The van der Waals surface area contributed by atoms with E-state index in [1.165, 1.54) is 0 Å². The Morgan fingerprint density at radius 1 is 1.86 bits per heavy atom. The van der Waals surface area contributed by atoms with Crippen molar-refractivity contribution in [3.63, 3.8) is 0 Å². The summed E-state index contributed by atoms with van der Waals surface area (Å²) in [6, 6.07) is 0. The molecule has 1 aliphatic heterocycles. The minimum absolute atomic E-state index is 0.0856. The maximum atomic E-state index is 10.2. The van der Waals surface area contributed by atoms with Crippen LogP contribution in [0.2, 0.25) is 0 Å². The summed E-state index contributed by atoms with van der Waals surface area (Å²) in [7, 11) is 1.92. The molecule has 0 aromatic heterocycles. The van der Waals surface area contributed by atoms with Crippen LogP contribution in [0.4, 0.5) is 0 Å². The van der Waals surface area contributed by atoms with Gasteiger partial charge in [0, 0.05) is 0 Å². The maximum absolute atomic E-state index is 10.2. The third-order valence-electron chi connectivity index (χ3n) is 0.926. The Labute approximate surface area is 41.9 Å². The van der Waals surface area contributed by atoms with Crippen molar-refractivity contribution >= 4 is 5.97 Å². The smallest absolute Gasteiger partial charge is 0.366 e. The molecule has 40 valence electrons. The maximum Gasteiger partial charge on any atom is 0.366 e. The van der Waals surface area contributed by atoms with Crippen LogP contribution in [0.3, 0.4) is 0 Å². The van der Waals surface area contributed by atoms with Crippen LogP contribution < -0.4 is 4.90 Å². The molecule has 0 spiro atoms. The van der Waals surface area contributed by atoms with Gasteiger partial charge >= 0.3 is 5.97 Å². The lowest BCUT2D eigenvalue weighted by Gasteiger charge is -1.93. The quantitative estimate of drug-likeness (QED) is 0.359. The third-order valence-corrected chi connectivity index (χ3v) is 0.926. The van der Waals surface area contributed by atoms with Crippen LogP contribution in [0.25, 0.3) is 0 Å². The minimum Gasteiger partial charge on any atom is -0.411 e. The summed E-state index contributed by atoms with van der Waals surface area (Å²) in [5.41, 5.74) is 0. The molecule has 0 saturated carbocycles. The molecule has 1 fully saturated rings. The number of esters is 1. The highest BCUT2D eigenvalue weighted by Gasteiger charge is 2.19. The molecule has 3 heteroatoms. The zero-order chi connectivity index (χ0) is 5.28. The zero-order valence-corrected chi connectivity index (χ0v) is 4.23. The number of carbonyl (C=O) groups is 1. The summed E-state index contributed by atoms with van der Waals surface area (Å²) in [6.45, 7) is 1.07. The van der Waals surface area contributed by atoms with Crippen LogP contribution >= 0.6 is 0 Å². The molecule has 0 amide bonds. The Morgan fingerprint density at radius 2 is 2.57 bits per heavy atom. The molecule has 0 aromatic rings. The lowest BCUT2D eigenvalue weighted by molar-refractivity contribution is -0.874. The molecule has 0 bridgehead atoms. The van der Waals surface area contributed by atoms with Crippen LogP contribution in [-0.2, 0) is 9.53 Å². The molecule has 1 saturated heterocycles. The van der Waals surface area contributed by atoms with Gasteiger partial charge in [0.25, 0.3) is 0 Å². The molecule has 1 atom stereocenters. The average Bonchev–Trinajstić information content (AvgIpc) is 1.87. The fraction of sp³-hybridized carbons (Fsp3) is 0.750. The molecule has 1 heterocycles. The van der Waals surface area contributed by atoms with E-state index in [0.29, 0.717) is 13.3 Å². The number of rotatable bonds is 0. The monoisotopic (exact) mass is 102 g/mol. The molecule has 0 radical (unpaired) electrons. The van der Waals surface area contributed by atoms with Crippen LogP contribution in [0.1, 0.15) is 0 Å². The van der Waals surface area contributed by atoms with Gasteiger partial charge in [-0.2, -0.15) is 0 Å². The van der Waals surface area contributed by atoms with E-state index in [-0.39, 0.29) is 5.97 Å². The average molecular weight is 102 g/mol. The van der Waals surface area contributed by atoms with Gasteiger partial charge in [-0.15, -0.1) is 0 Å². The Hall–Kier alpha value is -0.570. The van der Waals surface area contributed by atoms with Gasteiger partial charge in [-0.05, 0) is 0 Å². The van der Waals surface area contributed by atoms with Crippen LogP contribution in [0.15, 0.2) is 0 Å². The highest BCUT2D eigenvalue weighted by molar-refractivity contribution is 5.71. The zero-order valence-electron chi connectivity index (χ0n) is 4.23. The van der Waals surface area contributed by atoms with E-state index in [1.807, 2.05) is 7.05 Å². The highest BCUT2D eigenvalue weighted by Crippen LogP contribution is 1.73. The molecule has 1 aliphatic rings. The number of likely N-dealkylation sites (N-methyl/N-ethyl adjacent to an activating group) is 1. The van der Waals surface area contributed by atoms with Crippen molar-refractivity contribution in [3.8, 4) is 0 Å². The predicted molar refractivity (Wildman–Crippen MR) is 22.7 cm³/mol. The number of hydrogen-bond acceptors (Lipinski definition) is 2. The second kappa shape index (κ2) is 1.50. The molecule has 1 rings (SSSR count). The van der Waals surface area contributed by atoms with Crippen LogP contribution in [0, 0.1) is 0 Å². The van der Waals surface area contributed by atoms with Crippen molar-refractivity contribution in [1.82, 2.24) is 0 Å². The largest absolute Gasteiger partial charge is 0.411 e. The Balaban J connectivity index is 2.40. The Morgan fingerprint density at radius 3 is 2.71 bits per heavy atom. The van der Waals surface area contributed by atoms with E-state index < -0.39 is 0 Å². The first-order valence-electron chi connectivity index (χ1n) is 2.26. The van der Waals surface area contributed by atoms with E-state index in [4.69, 9.17) is 0 Å².